The van der Waals surface area contributed by atoms with Crippen LogP contribution in [0.15, 0.2) is 75.4 Å². The standard InChI is InChI=1S/C22H21N7O3S/c1-2-27-20(31)18(19(23)28(22(27)32)13-15-9-5-3-6-10-15)17(30)14-33-21-24-25-26-29(21)16-11-7-4-8-12-16/h3-12H,2,13-14,23H2,1H3. The zero-order valence-corrected chi connectivity index (χ0v) is 18.6. The number of hydrogen-bond acceptors (Lipinski definition) is 8. The molecule has 4 rings (SSSR count). The van der Waals surface area contributed by atoms with Gasteiger partial charge in [-0.1, -0.05) is 60.3 Å². The van der Waals surface area contributed by atoms with E-state index in [0.717, 1.165) is 27.6 Å². The van der Waals surface area contributed by atoms with E-state index in [4.69, 9.17) is 5.73 Å². The molecule has 0 spiro atoms. The molecule has 0 amide bonds. The SMILES string of the molecule is CCn1c(=O)c(C(=O)CSc2nnnn2-c2ccccc2)c(N)n(Cc2ccccc2)c1=O. The molecule has 0 atom stereocenters. The molecule has 0 saturated carbocycles. The van der Waals surface area contributed by atoms with Crippen LogP contribution in [0.4, 0.5) is 5.82 Å². The van der Waals surface area contributed by atoms with Crippen LogP contribution in [0.3, 0.4) is 0 Å². The second-order valence-corrected chi connectivity index (χ2v) is 8.03. The molecule has 0 unspecified atom stereocenters. The van der Waals surface area contributed by atoms with Gasteiger partial charge in [-0.25, -0.2) is 4.79 Å². The van der Waals surface area contributed by atoms with Crippen molar-refractivity contribution < 1.29 is 4.79 Å². The van der Waals surface area contributed by atoms with E-state index in [1.165, 1.54) is 9.25 Å². The molecule has 0 aliphatic heterocycles. The number of carbonyl (C=O) groups is 1. The van der Waals surface area contributed by atoms with Gasteiger partial charge in [0.2, 0.25) is 5.16 Å². The van der Waals surface area contributed by atoms with Gasteiger partial charge in [0.1, 0.15) is 11.4 Å². The minimum absolute atomic E-state index is 0.117. The number of nitrogens with two attached hydrogens (primary N) is 1. The van der Waals surface area contributed by atoms with Crippen LogP contribution >= 0.6 is 11.8 Å². The molecule has 4 aromatic rings. The van der Waals surface area contributed by atoms with E-state index in [1.54, 1.807) is 6.92 Å². The second-order valence-electron chi connectivity index (χ2n) is 7.08. The lowest BCUT2D eigenvalue weighted by atomic mass is 10.2. The van der Waals surface area contributed by atoms with Gasteiger partial charge in [-0.05, 0) is 35.0 Å². The Kier molecular flexibility index (Phi) is 6.50. The second kappa shape index (κ2) is 9.65. The molecular weight excluding hydrogens is 442 g/mol. The van der Waals surface area contributed by atoms with Crippen molar-refractivity contribution in [3.63, 3.8) is 0 Å². The number of thioether (sulfide) groups is 1. The molecule has 10 nitrogen and oxygen atoms in total. The summed E-state index contributed by atoms with van der Waals surface area (Å²) in [5, 5.41) is 12.0. The molecule has 33 heavy (non-hydrogen) atoms. The van der Waals surface area contributed by atoms with Gasteiger partial charge in [-0.3, -0.25) is 18.7 Å². The maximum Gasteiger partial charge on any atom is 0.332 e. The van der Waals surface area contributed by atoms with Crippen molar-refractivity contribution >= 4 is 23.4 Å². The normalized spacial score (nSPS) is 10.9. The Morgan fingerprint density at radius 3 is 2.33 bits per heavy atom. The molecular formula is C22H21N7O3S. The summed E-state index contributed by atoms with van der Waals surface area (Å²) in [7, 11) is 0. The fraction of sp³-hybridized carbons (Fsp3) is 0.182. The number of tetrazole rings is 1. The highest BCUT2D eigenvalue weighted by Crippen LogP contribution is 2.20. The summed E-state index contributed by atoms with van der Waals surface area (Å²) in [5.74, 6) is -0.777. The number of aromatic nitrogens is 6. The minimum Gasteiger partial charge on any atom is -0.384 e. The number of benzene rings is 2. The number of rotatable bonds is 8. The molecule has 168 valence electrons. The third-order valence-electron chi connectivity index (χ3n) is 5.02. The van der Waals surface area contributed by atoms with Crippen molar-refractivity contribution in [2.24, 2.45) is 0 Å². The molecule has 2 aromatic carbocycles. The first kappa shape index (κ1) is 22.2. The summed E-state index contributed by atoms with van der Waals surface area (Å²) < 4.78 is 3.78. The number of nitrogens with zero attached hydrogens (tertiary/aromatic N) is 6. The highest BCUT2D eigenvalue weighted by Gasteiger charge is 2.23. The topological polar surface area (TPSA) is 131 Å². The molecule has 0 radical (unpaired) electrons. The average molecular weight is 464 g/mol. The van der Waals surface area contributed by atoms with Gasteiger partial charge in [0.15, 0.2) is 5.78 Å². The van der Waals surface area contributed by atoms with Gasteiger partial charge < -0.3 is 5.73 Å². The fourth-order valence-corrected chi connectivity index (χ4v) is 4.14. The Bertz CT molecular complexity index is 1400. The lowest BCUT2D eigenvalue weighted by Crippen LogP contribution is -2.44. The highest BCUT2D eigenvalue weighted by molar-refractivity contribution is 7.99. The van der Waals surface area contributed by atoms with Gasteiger partial charge in [0.25, 0.3) is 5.56 Å². The number of carbonyl (C=O) groups excluding carboxylic acids is 1. The lowest BCUT2D eigenvalue weighted by Gasteiger charge is -2.15. The van der Waals surface area contributed by atoms with Crippen molar-refractivity contribution in [2.75, 3.05) is 11.5 Å². The van der Waals surface area contributed by atoms with Gasteiger partial charge in [0, 0.05) is 6.54 Å². The summed E-state index contributed by atoms with van der Waals surface area (Å²) >= 11 is 1.08. The minimum atomic E-state index is -0.697. The molecule has 2 N–H and O–H groups in total. The summed E-state index contributed by atoms with van der Waals surface area (Å²) in [6.45, 7) is 1.93. The van der Waals surface area contributed by atoms with Crippen molar-refractivity contribution in [1.29, 1.82) is 0 Å². The number of para-hydroxylation sites is 1. The van der Waals surface area contributed by atoms with E-state index in [0.29, 0.717) is 5.16 Å². The van der Waals surface area contributed by atoms with Gasteiger partial charge in [-0.2, -0.15) is 4.68 Å². The van der Waals surface area contributed by atoms with Crippen LogP contribution in [0.2, 0.25) is 0 Å². The Balaban J connectivity index is 1.66. The smallest absolute Gasteiger partial charge is 0.332 e. The number of nitrogen functional groups attached to an aromatic ring is 1. The molecule has 0 aliphatic carbocycles. The monoisotopic (exact) mass is 463 g/mol. The third kappa shape index (κ3) is 4.48. The van der Waals surface area contributed by atoms with Crippen LogP contribution in [0.5, 0.6) is 0 Å². The molecule has 0 fully saturated rings. The number of Topliss-reactive ketones (excluding diaryl/α,β-unsaturated/α-hetero) is 1. The highest BCUT2D eigenvalue weighted by atomic mass is 32.2. The molecule has 0 bridgehead atoms. The Labute approximate surface area is 192 Å². The first-order valence-corrected chi connectivity index (χ1v) is 11.2. The number of hydrogen-bond donors (Lipinski definition) is 1. The number of anilines is 1. The molecule has 2 heterocycles. The van der Waals surface area contributed by atoms with Crippen molar-refractivity contribution in [3.05, 3.63) is 92.6 Å². The summed E-state index contributed by atoms with van der Waals surface area (Å²) in [4.78, 5) is 38.9. The van der Waals surface area contributed by atoms with Crippen molar-refractivity contribution in [2.45, 2.75) is 25.2 Å². The summed E-state index contributed by atoms with van der Waals surface area (Å²) in [6.07, 6.45) is 0. The third-order valence-corrected chi connectivity index (χ3v) is 5.94. The van der Waals surface area contributed by atoms with Crippen LogP contribution in [-0.2, 0) is 13.1 Å². The van der Waals surface area contributed by atoms with Crippen LogP contribution in [0, 0.1) is 0 Å². The summed E-state index contributed by atoms with van der Waals surface area (Å²) in [6, 6.07) is 18.5. The number of ketones is 1. The van der Waals surface area contributed by atoms with E-state index in [-0.39, 0.29) is 30.2 Å². The van der Waals surface area contributed by atoms with Crippen LogP contribution in [0.1, 0.15) is 22.8 Å². The quantitative estimate of drug-likeness (QED) is 0.308. The molecule has 0 aliphatic rings. The lowest BCUT2D eigenvalue weighted by molar-refractivity contribution is 0.102. The van der Waals surface area contributed by atoms with Crippen molar-refractivity contribution in [3.8, 4) is 5.69 Å². The first-order valence-electron chi connectivity index (χ1n) is 10.2. The maximum absolute atomic E-state index is 13.1. The predicted octanol–water partition coefficient (Wildman–Crippen LogP) is 1.61. The van der Waals surface area contributed by atoms with E-state index in [2.05, 4.69) is 15.5 Å². The Hall–Kier alpha value is -3.99. The van der Waals surface area contributed by atoms with Gasteiger partial charge in [-0.15, -0.1) is 5.10 Å². The maximum atomic E-state index is 13.1. The Morgan fingerprint density at radius 1 is 1.00 bits per heavy atom. The fourth-order valence-electron chi connectivity index (χ4n) is 3.38. The van der Waals surface area contributed by atoms with E-state index in [1.807, 2.05) is 60.7 Å². The molecule has 2 aromatic heterocycles. The van der Waals surface area contributed by atoms with Gasteiger partial charge in [0.05, 0.1) is 18.0 Å². The van der Waals surface area contributed by atoms with Crippen LogP contribution in [0.25, 0.3) is 5.69 Å². The first-order chi connectivity index (χ1) is 16.0. The average Bonchev–Trinajstić information content (AvgIpc) is 3.31. The molecule has 0 saturated heterocycles. The summed E-state index contributed by atoms with van der Waals surface area (Å²) in [5.41, 5.74) is 6.30. The Morgan fingerprint density at radius 2 is 1.67 bits per heavy atom. The van der Waals surface area contributed by atoms with Gasteiger partial charge >= 0.3 is 5.69 Å². The van der Waals surface area contributed by atoms with Crippen LogP contribution in [-0.4, -0.2) is 40.9 Å². The predicted molar refractivity (Wildman–Crippen MR) is 125 cm³/mol. The largest absolute Gasteiger partial charge is 0.384 e. The molecule has 11 heteroatoms. The van der Waals surface area contributed by atoms with E-state index in [9.17, 15) is 14.4 Å². The zero-order valence-electron chi connectivity index (χ0n) is 17.8. The van der Waals surface area contributed by atoms with Crippen LogP contribution < -0.4 is 17.0 Å². The zero-order chi connectivity index (χ0) is 23.4. The van der Waals surface area contributed by atoms with E-state index >= 15 is 0 Å². The van der Waals surface area contributed by atoms with E-state index < -0.39 is 17.0 Å². The van der Waals surface area contributed by atoms with Crippen molar-refractivity contribution in [1.82, 2.24) is 29.3 Å².